The van der Waals surface area contributed by atoms with E-state index in [1.807, 2.05) is 0 Å². The quantitative estimate of drug-likeness (QED) is 0.564. The average Bonchev–Trinajstić information content (AvgIpc) is 2.98. The van der Waals surface area contributed by atoms with Gasteiger partial charge in [0.1, 0.15) is 5.75 Å². The number of amides is 2. The van der Waals surface area contributed by atoms with E-state index in [2.05, 4.69) is 20.7 Å². The molecule has 1 atom stereocenters. The molecule has 25 heavy (non-hydrogen) atoms. The molecule has 1 fully saturated rings. The molecule has 2 rings (SSSR count). The maximum Gasteiger partial charge on any atom is 0.573 e. The first-order chi connectivity index (χ1) is 11.2. The summed E-state index contributed by atoms with van der Waals surface area (Å²) in [4.78, 5) is 23.7. The van der Waals surface area contributed by atoms with Crippen molar-refractivity contribution in [3.8, 4) is 5.75 Å². The van der Waals surface area contributed by atoms with Gasteiger partial charge in [0.05, 0.1) is 12.1 Å². The lowest BCUT2D eigenvalue weighted by molar-refractivity contribution is -0.274. The molecule has 11 heteroatoms. The number of nitrogens with one attached hydrogen (secondary N) is 3. The Hall–Kier alpha value is -2.20. The summed E-state index contributed by atoms with van der Waals surface area (Å²) in [6.07, 6.45) is -4.08. The lowest BCUT2D eigenvalue weighted by Crippen LogP contribution is -2.42. The highest BCUT2D eigenvalue weighted by molar-refractivity contribution is 6.01. The molecule has 5 N–H and O–H groups in total. The predicted molar refractivity (Wildman–Crippen MR) is 86.5 cm³/mol. The van der Waals surface area contributed by atoms with Gasteiger partial charge < -0.3 is 26.4 Å². The van der Waals surface area contributed by atoms with Gasteiger partial charge >= 0.3 is 6.36 Å². The SMILES string of the molecule is Cl.Nc1ccc(OC(F)(F)F)cc1C(=O)NCC(=O)N[C@@H]1CCNC1. The Morgan fingerprint density at radius 2 is 2.08 bits per heavy atom. The molecule has 0 spiro atoms. The van der Waals surface area contributed by atoms with Crippen LogP contribution in [0.5, 0.6) is 5.75 Å². The first kappa shape index (κ1) is 20.8. The van der Waals surface area contributed by atoms with Crippen LogP contribution < -0.4 is 26.4 Å². The molecule has 1 aliphatic heterocycles. The zero-order valence-corrected chi connectivity index (χ0v) is 13.8. The number of nitrogens with two attached hydrogens (primary N) is 1. The van der Waals surface area contributed by atoms with Crippen molar-refractivity contribution < 1.29 is 27.5 Å². The van der Waals surface area contributed by atoms with Crippen molar-refractivity contribution >= 4 is 29.9 Å². The molecule has 1 saturated heterocycles. The van der Waals surface area contributed by atoms with Crippen LogP contribution in [0.1, 0.15) is 16.8 Å². The van der Waals surface area contributed by atoms with E-state index in [0.29, 0.717) is 6.54 Å². The number of nitrogen functional groups attached to an aromatic ring is 1. The van der Waals surface area contributed by atoms with E-state index in [4.69, 9.17) is 5.73 Å². The van der Waals surface area contributed by atoms with Gasteiger partial charge in [-0.3, -0.25) is 9.59 Å². The maximum absolute atomic E-state index is 12.2. The standard InChI is InChI=1S/C14H17F3N4O3.ClH/c15-14(16,17)24-9-1-2-11(18)10(5-9)13(23)20-7-12(22)21-8-3-4-19-6-8;/h1-2,5,8,19H,3-4,6-7,18H2,(H,20,23)(H,21,22);1H/t8-;/m1./s1. The second kappa shape index (κ2) is 8.77. The zero-order chi connectivity index (χ0) is 17.7. The normalized spacial score (nSPS) is 16.7. The smallest absolute Gasteiger partial charge is 0.406 e. The van der Waals surface area contributed by atoms with E-state index in [1.54, 1.807) is 0 Å². The Morgan fingerprint density at radius 1 is 1.36 bits per heavy atom. The molecular formula is C14H18ClF3N4O3. The minimum atomic E-state index is -4.88. The fraction of sp³-hybridized carbons (Fsp3) is 0.429. The first-order valence-corrected chi connectivity index (χ1v) is 7.18. The summed E-state index contributed by atoms with van der Waals surface area (Å²) in [5.74, 6) is -1.72. The minimum absolute atomic E-state index is 0. The number of anilines is 1. The number of carbonyl (C=O) groups excluding carboxylic acids is 2. The van der Waals surface area contributed by atoms with Crippen molar-refractivity contribution in [1.29, 1.82) is 0 Å². The van der Waals surface area contributed by atoms with Crippen LogP contribution >= 0.6 is 12.4 Å². The van der Waals surface area contributed by atoms with Gasteiger partial charge in [0.15, 0.2) is 0 Å². The van der Waals surface area contributed by atoms with E-state index in [-0.39, 0.29) is 36.2 Å². The van der Waals surface area contributed by atoms with Crippen LogP contribution in [0.3, 0.4) is 0 Å². The number of carbonyl (C=O) groups is 2. The monoisotopic (exact) mass is 382 g/mol. The molecule has 1 heterocycles. The van der Waals surface area contributed by atoms with Crippen molar-refractivity contribution in [2.75, 3.05) is 25.4 Å². The number of rotatable bonds is 5. The lowest BCUT2D eigenvalue weighted by atomic mass is 10.1. The van der Waals surface area contributed by atoms with Crippen LogP contribution in [-0.2, 0) is 4.79 Å². The minimum Gasteiger partial charge on any atom is -0.406 e. The molecule has 7 nitrogen and oxygen atoms in total. The second-order valence-electron chi connectivity index (χ2n) is 5.24. The Morgan fingerprint density at radius 3 is 2.68 bits per heavy atom. The number of hydrogen-bond acceptors (Lipinski definition) is 5. The number of ether oxygens (including phenoxy) is 1. The van der Waals surface area contributed by atoms with Gasteiger partial charge in [0.2, 0.25) is 5.91 Å². The van der Waals surface area contributed by atoms with Crippen LogP contribution in [0.25, 0.3) is 0 Å². The number of benzene rings is 1. The molecular weight excluding hydrogens is 365 g/mol. The lowest BCUT2D eigenvalue weighted by Gasteiger charge is -2.13. The summed E-state index contributed by atoms with van der Waals surface area (Å²) in [6, 6.07) is 3.00. The molecule has 0 bridgehead atoms. The molecule has 0 unspecified atom stereocenters. The highest BCUT2D eigenvalue weighted by Gasteiger charge is 2.31. The zero-order valence-electron chi connectivity index (χ0n) is 13.0. The summed E-state index contributed by atoms with van der Waals surface area (Å²) in [7, 11) is 0. The van der Waals surface area contributed by atoms with Crippen LogP contribution in [0.15, 0.2) is 18.2 Å². The molecule has 0 radical (unpaired) electrons. The number of alkyl halides is 3. The first-order valence-electron chi connectivity index (χ1n) is 7.18. The highest BCUT2D eigenvalue weighted by atomic mass is 35.5. The fourth-order valence-electron chi connectivity index (χ4n) is 2.24. The molecule has 2 amide bonds. The van der Waals surface area contributed by atoms with Crippen LogP contribution in [-0.4, -0.2) is 43.9 Å². The highest BCUT2D eigenvalue weighted by Crippen LogP contribution is 2.25. The molecule has 0 saturated carbocycles. The average molecular weight is 383 g/mol. The van der Waals surface area contributed by atoms with Gasteiger partial charge in [-0.25, -0.2) is 0 Å². The van der Waals surface area contributed by atoms with E-state index >= 15 is 0 Å². The summed E-state index contributed by atoms with van der Waals surface area (Å²) in [5.41, 5.74) is 5.36. The van der Waals surface area contributed by atoms with Crippen molar-refractivity contribution in [2.24, 2.45) is 0 Å². The molecule has 1 aromatic carbocycles. The summed E-state index contributed by atoms with van der Waals surface area (Å²) in [5, 5.41) is 8.11. The van der Waals surface area contributed by atoms with Crippen molar-refractivity contribution in [3.05, 3.63) is 23.8 Å². The Labute approximate surface area is 147 Å². The second-order valence-corrected chi connectivity index (χ2v) is 5.24. The van der Waals surface area contributed by atoms with Crippen molar-refractivity contribution in [2.45, 2.75) is 18.8 Å². The molecule has 140 valence electrons. The molecule has 1 aromatic rings. The molecule has 1 aliphatic rings. The Balaban J connectivity index is 0.00000312. The van der Waals surface area contributed by atoms with Crippen LogP contribution in [0.4, 0.5) is 18.9 Å². The van der Waals surface area contributed by atoms with E-state index in [0.717, 1.165) is 31.2 Å². The largest absolute Gasteiger partial charge is 0.573 e. The van der Waals surface area contributed by atoms with Gasteiger partial charge in [0.25, 0.3) is 5.91 Å². The molecule has 0 aromatic heterocycles. The van der Waals surface area contributed by atoms with Crippen LogP contribution in [0, 0.1) is 0 Å². The van der Waals surface area contributed by atoms with E-state index < -0.39 is 23.9 Å². The van der Waals surface area contributed by atoms with Gasteiger partial charge in [0, 0.05) is 18.3 Å². The Bertz CT molecular complexity index is 622. The van der Waals surface area contributed by atoms with E-state index in [9.17, 15) is 22.8 Å². The van der Waals surface area contributed by atoms with E-state index in [1.165, 1.54) is 0 Å². The summed E-state index contributed by atoms with van der Waals surface area (Å²) in [6.45, 7) is 1.16. The van der Waals surface area contributed by atoms with Crippen LogP contribution in [0.2, 0.25) is 0 Å². The fourth-order valence-corrected chi connectivity index (χ4v) is 2.24. The summed E-state index contributed by atoms with van der Waals surface area (Å²) < 4.78 is 40.4. The topological polar surface area (TPSA) is 105 Å². The van der Waals surface area contributed by atoms with Crippen molar-refractivity contribution in [3.63, 3.8) is 0 Å². The third-order valence-corrected chi connectivity index (χ3v) is 3.34. The predicted octanol–water partition coefficient (Wildman–Crippen LogP) is 0.797. The maximum atomic E-state index is 12.2. The van der Waals surface area contributed by atoms with Gasteiger partial charge in [-0.1, -0.05) is 0 Å². The number of hydrogen-bond donors (Lipinski definition) is 4. The van der Waals surface area contributed by atoms with Gasteiger partial charge in [-0.05, 0) is 31.2 Å². The van der Waals surface area contributed by atoms with Crippen molar-refractivity contribution in [1.82, 2.24) is 16.0 Å². The third-order valence-electron chi connectivity index (χ3n) is 3.34. The molecule has 0 aliphatic carbocycles. The third kappa shape index (κ3) is 6.67. The van der Waals surface area contributed by atoms with Gasteiger partial charge in [-0.2, -0.15) is 0 Å². The Kier molecular flexibility index (Phi) is 7.31. The summed E-state index contributed by atoms with van der Waals surface area (Å²) >= 11 is 0. The van der Waals surface area contributed by atoms with Gasteiger partial charge in [-0.15, -0.1) is 25.6 Å². The number of halogens is 4.